The molecule has 0 saturated heterocycles. The maximum absolute atomic E-state index is 5.40. The standard InChI is InChI=1S/C8H11NS2/c1-6-4-5-11-7(6)2-3-8(9)10/h4-5H,2-3H2,1H3,(H2,9,10). The van der Waals surface area contributed by atoms with E-state index in [2.05, 4.69) is 18.4 Å². The molecule has 0 aliphatic rings. The molecule has 0 aliphatic carbocycles. The van der Waals surface area contributed by atoms with Gasteiger partial charge in [0.1, 0.15) is 0 Å². The maximum atomic E-state index is 5.40. The smallest absolute Gasteiger partial charge is 0.0730 e. The first-order chi connectivity index (χ1) is 5.20. The Balaban J connectivity index is 2.51. The lowest BCUT2D eigenvalue weighted by Crippen LogP contribution is -2.08. The summed E-state index contributed by atoms with van der Waals surface area (Å²) in [6.07, 6.45) is 1.83. The molecule has 0 bridgehead atoms. The van der Waals surface area contributed by atoms with Crippen molar-refractivity contribution in [1.82, 2.24) is 0 Å². The summed E-state index contributed by atoms with van der Waals surface area (Å²) >= 11 is 6.57. The monoisotopic (exact) mass is 185 g/mol. The SMILES string of the molecule is Cc1ccsc1CCC(N)=S. The first-order valence-electron chi connectivity index (χ1n) is 3.51. The summed E-state index contributed by atoms with van der Waals surface area (Å²) < 4.78 is 0. The van der Waals surface area contributed by atoms with Crippen LogP contribution in [0.2, 0.25) is 0 Å². The van der Waals surface area contributed by atoms with Gasteiger partial charge in [0, 0.05) is 11.3 Å². The van der Waals surface area contributed by atoms with E-state index in [1.54, 1.807) is 11.3 Å². The van der Waals surface area contributed by atoms with Crippen LogP contribution in [0.3, 0.4) is 0 Å². The van der Waals surface area contributed by atoms with Crippen molar-refractivity contribution in [3.8, 4) is 0 Å². The first kappa shape index (κ1) is 8.68. The van der Waals surface area contributed by atoms with Crippen molar-refractivity contribution >= 4 is 28.5 Å². The fraction of sp³-hybridized carbons (Fsp3) is 0.375. The number of thiocarbonyl (C=S) groups is 1. The Hall–Kier alpha value is -0.410. The molecule has 1 rings (SSSR count). The molecule has 0 spiro atoms. The Morgan fingerprint density at radius 3 is 2.91 bits per heavy atom. The summed E-state index contributed by atoms with van der Waals surface area (Å²) in [5, 5.41) is 2.10. The molecule has 1 aromatic rings. The molecular weight excluding hydrogens is 174 g/mol. The predicted octanol–water partition coefficient (Wildman–Crippen LogP) is 2.28. The third-order valence-corrected chi connectivity index (χ3v) is 2.85. The van der Waals surface area contributed by atoms with E-state index in [0.29, 0.717) is 4.99 Å². The molecule has 0 unspecified atom stereocenters. The second-order valence-electron chi connectivity index (χ2n) is 2.49. The highest BCUT2D eigenvalue weighted by atomic mass is 32.1. The van der Waals surface area contributed by atoms with Gasteiger partial charge in [-0.3, -0.25) is 0 Å². The van der Waals surface area contributed by atoms with Crippen LogP contribution in [0, 0.1) is 6.92 Å². The average Bonchev–Trinajstić information content (AvgIpc) is 2.31. The summed E-state index contributed by atoms with van der Waals surface area (Å²) in [5.74, 6) is 0. The van der Waals surface area contributed by atoms with Crippen molar-refractivity contribution in [1.29, 1.82) is 0 Å². The van der Waals surface area contributed by atoms with Crippen LogP contribution in [0.15, 0.2) is 11.4 Å². The zero-order valence-corrected chi connectivity index (χ0v) is 8.10. The number of aryl methyl sites for hydroxylation is 2. The molecule has 1 heterocycles. The van der Waals surface area contributed by atoms with Crippen molar-refractivity contribution in [2.45, 2.75) is 19.8 Å². The molecule has 0 aliphatic heterocycles. The van der Waals surface area contributed by atoms with Crippen LogP contribution in [0.4, 0.5) is 0 Å². The maximum Gasteiger partial charge on any atom is 0.0730 e. The lowest BCUT2D eigenvalue weighted by atomic mass is 10.2. The van der Waals surface area contributed by atoms with E-state index in [-0.39, 0.29) is 0 Å². The number of thiophene rings is 1. The predicted molar refractivity (Wildman–Crippen MR) is 54.2 cm³/mol. The van der Waals surface area contributed by atoms with Gasteiger partial charge in [-0.05, 0) is 30.4 Å². The Morgan fingerprint density at radius 1 is 1.73 bits per heavy atom. The topological polar surface area (TPSA) is 26.0 Å². The van der Waals surface area contributed by atoms with Crippen molar-refractivity contribution in [2.75, 3.05) is 0 Å². The highest BCUT2D eigenvalue weighted by Crippen LogP contribution is 2.16. The third kappa shape index (κ3) is 2.60. The van der Waals surface area contributed by atoms with E-state index in [0.717, 1.165) is 12.8 Å². The highest BCUT2D eigenvalue weighted by Gasteiger charge is 1.99. The lowest BCUT2D eigenvalue weighted by Gasteiger charge is -1.96. The molecule has 11 heavy (non-hydrogen) atoms. The zero-order chi connectivity index (χ0) is 8.27. The largest absolute Gasteiger partial charge is 0.393 e. The van der Waals surface area contributed by atoms with Crippen molar-refractivity contribution < 1.29 is 0 Å². The van der Waals surface area contributed by atoms with Crippen LogP contribution >= 0.6 is 23.6 Å². The minimum Gasteiger partial charge on any atom is -0.393 e. The molecule has 0 amide bonds. The molecule has 1 nitrogen and oxygen atoms in total. The first-order valence-corrected chi connectivity index (χ1v) is 4.80. The van der Waals surface area contributed by atoms with Crippen LogP contribution in [-0.2, 0) is 6.42 Å². The molecular formula is C8H11NS2. The Labute approximate surface area is 76.2 Å². The number of hydrogen-bond acceptors (Lipinski definition) is 2. The summed E-state index contributed by atoms with van der Waals surface area (Å²) in [6, 6.07) is 2.12. The number of hydrogen-bond donors (Lipinski definition) is 1. The third-order valence-electron chi connectivity index (χ3n) is 1.57. The number of nitrogens with two attached hydrogens (primary N) is 1. The molecule has 60 valence electrons. The van der Waals surface area contributed by atoms with Gasteiger partial charge in [0.2, 0.25) is 0 Å². The Morgan fingerprint density at radius 2 is 2.45 bits per heavy atom. The van der Waals surface area contributed by atoms with Gasteiger partial charge >= 0.3 is 0 Å². The fourth-order valence-electron chi connectivity index (χ4n) is 0.897. The quantitative estimate of drug-likeness (QED) is 0.731. The van der Waals surface area contributed by atoms with Crippen LogP contribution < -0.4 is 5.73 Å². The fourth-order valence-corrected chi connectivity index (χ4v) is 1.91. The van der Waals surface area contributed by atoms with Gasteiger partial charge in [-0.25, -0.2) is 0 Å². The van der Waals surface area contributed by atoms with Crippen molar-refractivity contribution in [3.63, 3.8) is 0 Å². The second kappa shape index (κ2) is 3.83. The Kier molecular flexibility index (Phi) is 3.02. The highest BCUT2D eigenvalue weighted by molar-refractivity contribution is 7.80. The van der Waals surface area contributed by atoms with E-state index in [4.69, 9.17) is 18.0 Å². The summed E-state index contributed by atoms with van der Waals surface area (Å²) in [4.78, 5) is 2.01. The van der Waals surface area contributed by atoms with Crippen LogP contribution in [0.25, 0.3) is 0 Å². The minimum absolute atomic E-state index is 0.609. The molecule has 0 fully saturated rings. The van der Waals surface area contributed by atoms with Gasteiger partial charge in [-0.1, -0.05) is 12.2 Å². The van der Waals surface area contributed by atoms with E-state index in [1.165, 1.54) is 10.4 Å². The van der Waals surface area contributed by atoms with Crippen LogP contribution in [0.1, 0.15) is 16.9 Å². The number of rotatable bonds is 3. The molecule has 1 aromatic heterocycles. The molecule has 0 saturated carbocycles. The van der Waals surface area contributed by atoms with Gasteiger partial charge in [0.05, 0.1) is 4.99 Å². The van der Waals surface area contributed by atoms with E-state index in [1.807, 2.05) is 0 Å². The van der Waals surface area contributed by atoms with Gasteiger partial charge in [0.15, 0.2) is 0 Å². The minimum atomic E-state index is 0.609. The van der Waals surface area contributed by atoms with Gasteiger partial charge in [-0.15, -0.1) is 11.3 Å². The Bertz CT molecular complexity index is 252. The molecule has 2 N–H and O–H groups in total. The summed E-state index contributed by atoms with van der Waals surface area (Å²) in [5.41, 5.74) is 6.75. The normalized spacial score (nSPS) is 9.91. The molecule has 0 atom stereocenters. The van der Waals surface area contributed by atoms with Crippen molar-refractivity contribution in [2.24, 2.45) is 5.73 Å². The van der Waals surface area contributed by atoms with E-state index < -0.39 is 0 Å². The van der Waals surface area contributed by atoms with Gasteiger partial charge < -0.3 is 5.73 Å². The van der Waals surface area contributed by atoms with E-state index >= 15 is 0 Å². The zero-order valence-electron chi connectivity index (χ0n) is 6.46. The molecule has 3 heteroatoms. The van der Waals surface area contributed by atoms with Gasteiger partial charge in [0.25, 0.3) is 0 Å². The average molecular weight is 185 g/mol. The second-order valence-corrected chi connectivity index (χ2v) is 4.02. The van der Waals surface area contributed by atoms with Gasteiger partial charge in [-0.2, -0.15) is 0 Å². The lowest BCUT2D eigenvalue weighted by molar-refractivity contribution is 1.06. The van der Waals surface area contributed by atoms with Crippen LogP contribution in [0.5, 0.6) is 0 Å². The van der Waals surface area contributed by atoms with Crippen molar-refractivity contribution in [3.05, 3.63) is 21.9 Å². The summed E-state index contributed by atoms with van der Waals surface area (Å²) in [7, 11) is 0. The molecule has 0 aromatic carbocycles. The van der Waals surface area contributed by atoms with Crippen LogP contribution in [-0.4, -0.2) is 4.99 Å². The van der Waals surface area contributed by atoms with E-state index in [9.17, 15) is 0 Å². The molecule has 0 radical (unpaired) electrons. The summed E-state index contributed by atoms with van der Waals surface area (Å²) in [6.45, 7) is 2.12.